The van der Waals surface area contributed by atoms with Gasteiger partial charge in [-0.25, -0.2) is 9.97 Å². The van der Waals surface area contributed by atoms with E-state index in [2.05, 4.69) is 16.0 Å². The van der Waals surface area contributed by atoms with Gasteiger partial charge in [0.05, 0.1) is 17.0 Å². The number of aromatic nitrogens is 2. The summed E-state index contributed by atoms with van der Waals surface area (Å²) in [7, 11) is 0. The lowest BCUT2D eigenvalue weighted by Crippen LogP contribution is -1.99. The van der Waals surface area contributed by atoms with Crippen LogP contribution in [0.1, 0.15) is 11.5 Å². The molecular weight excluding hydrogens is 230 g/mol. The van der Waals surface area contributed by atoms with Crippen LogP contribution < -0.4 is 0 Å². The zero-order valence-electron chi connectivity index (χ0n) is 9.15. The van der Waals surface area contributed by atoms with E-state index >= 15 is 0 Å². The zero-order chi connectivity index (χ0) is 11.9. The summed E-state index contributed by atoms with van der Waals surface area (Å²) >= 11 is 1.57. The highest BCUT2D eigenvalue weighted by atomic mass is 32.2. The summed E-state index contributed by atoms with van der Waals surface area (Å²) < 4.78 is 0. The molecule has 0 aliphatic rings. The van der Waals surface area contributed by atoms with E-state index in [1.807, 2.05) is 36.4 Å². The predicted molar refractivity (Wildman–Crippen MR) is 67.6 cm³/mol. The van der Waals surface area contributed by atoms with Gasteiger partial charge in [-0.05, 0) is 11.6 Å². The highest BCUT2D eigenvalue weighted by Crippen LogP contribution is 2.23. The Morgan fingerprint density at radius 3 is 2.71 bits per heavy atom. The molecule has 4 heteroatoms. The van der Waals surface area contributed by atoms with Gasteiger partial charge in [-0.1, -0.05) is 30.3 Å². The topological polar surface area (TPSA) is 49.6 Å². The second-order valence-electron chi connectivity index (χ2n) is 3.45. The quantitative estimate of drug-likeness (QED) is 0.610. The smallest absolute Gasteiger partial charge is 0.116 e. The highest BCUT2D eigenvalue weighted by Gasteiger charge is 2.10. The summed E-state index contributed by atoms with van der Waals surface area (Å²) in [6.07, 6.45) is 3.23. The number of rotatable bonds is 4. The van der Waals surface area contributed by atoms with E-state index in [-0.39, 0.29) is 5.92 Å². The van der Waals surface area contributed by atoms with E-state index in [9.17, 15) is 0 Å². The van der Waals surface area contributed by atoms with Crippen molar-refractivity contribution in [3.8, 4) is 6.07 Å². The Hall–Kier alpha value is -1.86. The Morgan fingerprint density at radius 1 is 1.24 bits per heavy atom. The molecule has 0 fully saturated rings. The van der Waals surface area contributed by atoms with Gasteiger partial charge in [0.1, 0.15) is 6.33 Å². The van der Waals surface area contributed by atoms with Crippen LogP contribution in [0.25, 0.3) is 0 Å². The molecule has 0 aliphatic carbocycles. The van der Waals surface area contributed by atoms with Gasteiger partial charge in [0.2, 0.25) is 0 Å². The zero-order valence-corrected chi connectivity index (χ0v) is 9.97. The van der Waals surface area contributed by atoms with Crippen LogP contribution in [0.15, 0.2) is 53.9 Å². The Labute approximate surface area is 105 Å². The fraction of sp³-hybridized carbons (Fsp3) is 0.154. The largest absolute Gasteiger partial charge is 0.245 e. The molecule has 84 valence electrons. The van der Waals surface area contributed by atoms with Crippen LogP contribution >= 0.6 is 11.8 Å². The molecule has 2 rings (SSSR count). The number of thioether (sulfide) groups is 1. The molecule has 1 atom stereocenters. The molecule has 0 N–H and O–H groups in total. The molecule has 3 nitrogen and oxygen atoms in total. The van der Waals surface area contributed by atoms with Crippen molar-refractivity contribution < 1.29 is 0 Å². The molecule has 0 amide bonds. The van der Waals surface area contributed by atoms with Gasteiger partial charge in [0, 0.05) is 11.9 Å². The number of benzene rings is 1. The van der Waals surface area contributed by atoms with Gasteiger partial charge in [-0.2, -0.15) is 5.26 Å². The second-order valence-corrected chi connectivity index (χ2v) is 4.49. The van der Waals surface area contributed by atoms with Gasteiger partial charge >= 0.3 is 0 Å². The molecule has 1 aromatic carbocycles. The lowest BCUT2D eigenvalue weighted by Gasteiger charge is -2.08. The molecule has 0 bridgehead atoms. The predicted octanol–water partition coefficient (Wildman–Crippen LogP) is 2.88. The minimum atomic E-state index is -0.101. The standard InChI is InChI=1S/C13H11N3S/c14-8-12(11-4-2-1-3-5-11)9-17-13-6-7-15-10-16-13/h1-7,10,12H,9H2. The van der Waals surface area contributed by atoms with Crippen molar-refractivity contribution in [2.45, 2.75) is 10.9 Å². The number of nitriles is 1. The van der Waals surface area contributed by atoms with Crippen LogP contribution in [0.5, 0.6) is 0 Å². The van der Waals surface area contributed by atoms with E-state index in [1.54, 1.807) is 18.0 Å². The first kappa shape index (κ1) is 11.6. The fourth-order valence-corrected chi connectivity index (χ4v) is 2.31. The number of hydrogen-bond donors (Lipinski definition) is 0. The van der Waals surface area contributed by atoms with E-state index in [1.165, 1.54) is 6.33 Å². The van der Waals surface area contributed by atoms with Crippen molar-refractivity contribution in [2.75, 3.05) is 5.75 Å². The van der Waals surface area contributed by atoms with Crippen molar-refractivity contribution in [3.05, 3.63) is 54.5 Å². The Morgan fingerprint density at radius 2 is 2.06 bits per heavy atom. The molecular formula is C13H11N3S. The average Bonchev–Trinajstić information content (AvgIpc) is 2.42. The normalized spacial score (nSPS) is 11.7. The Bertz CT molecular complexity index is 493. The van der Waals surface area contributed by atoms with Crippen LogP contribution in [-0.2, 0) is 0 Å². The summed E-state index contributed by atoms with van der Waals surface area (Å²) in [6, 6.07) is 14.0. The summed E-state index contributed by atoms with van der Waals surface area (Å²) in [4.78, 5) is 7.98. The third-order valence-corrected chi connectivity index (χ3v) is 3.35. The summed E-state index contributed by atoms with van der Waals surface area (Å²) in [5.74, 6) is 0.605. The molecule has 1 unspecified atom stereocenters. The average molecular weight is 241 g/mol. The van der Waals surface area contributed by atoms with E-state index in [0.717, 1.165) is 10.6 Å². The van der Waals surface area contributed by atoms with Gasteiger partial charge in [-0.15, -0.1) is 11.8 Å². The molecule has 2 aromatic rings. The Balaban J connectivity index is 2.01. The van der Waals surface area contributed by atoms with Crippen LogP contribution in [0.2, 0.25) is 0 Å². The SMILES string of the molecule is N#CC(CSc1ccncn1)c1ccccc1. The second kappa shape index (κ2) is 6.02. The maximum Gasteiger partial charge on any atom is 0.116 e. The van der Waals surface area contributed by atoms with Gasteiger partial charge in [0.25, 0.3) is 0 Å². The van der Waals surface area contributed by atoms with Crippen molar-refractivity contribution in [2.24, 2.45) is 0 Å². The first-order valence-electron chi connectivity index (χ1n) is 5.23. The molecule has 0 saturated heterocycles. The third kappa shape index (κ3) is 3.30. The van der Waals surface area contributed by atoms with E-state index in [0.29, 0.717) is 5.75 Å². The third-order valence-electron chi connectivity index (χ3n) is 2.31. The molecule has 0 radical (unpaired) electrons. The molecule has 0 aliphatic heterocycles. The van der Waals surface area contributed by atoms with Crippen molar-refractivity contribution in [1.29, 1.82) is 5.26 Å². The van der Waals surface area contributed by atoms with Crippen LogP contribution in [-0.4, -0.2) is 15.7 Å². The first-order valence-corrected chi connectivity index (χ1v) is 6.22. The van der Waals surface area contributed by atoms with E-state index < -0.39 is 0 Å². The lowest BCUT2D eigenvalue weighted by atomic mass is 10.0. The van der Waals surface area contributed by atoms with Crippen LogP contribution in [0.3, 0.4) is 0 Å². The van der Waals surface area contributed by atoms with E-state index in [4.69, 9.17) is 5.26 Å². The minimum Gasteiger partial charge on any atom is -0.245 e. The summed E-state index contributed by atoms with van der Waals surface area (Å²) in [5, 5.41) is 10.1. The number of hydrogen-bond acceptors (Lipinski definition) is 4. The molecule has 1 heterocycles. The van der Waals surface area contributed by atoms with Gasteiger partial charge in [0.15, 0.2) is 0 Å². The minimum absolute atomic E-state index is 0.101. The lowest BCUT2D eigenvalue weighted by molar-refractivity contribution is 0.985. The molecule has 17 heavy (non-hydrogen) atoms. The molecule has 0 saturated carbocycles. The molecule has 1 aromatic heterocycles. The molecule has 0 spiro atoms. The van der Waals surface area contributed by atoms with Crippen molar-refractivity contribution in [3.63, 3.8) is 0 Å². The van der Waals surface area contributed by atoms with Crippen LogP contribution in [0.4, 0.5) is 0 Å². The van der Waals surface area contributed by atoms with Gasteiger partial charge < -0.3 is 0 Å². The van der Waals surface area contributed by atoms with Crippen molar-refractivity contribution in [1.82, 2.24) is 9.97 Å². The highest BCUT2D eigenvalue weighted by molar-refractivity contribution is 7.99. The van der Waals surface area contributed by atoms with Gasteiger partial charge in [-0.3, -0.25) is 0 Å². The monoisotopic (exact) mass is 241 g/mol. The van der Waals surface area contributed by atoms with Crippen molar-refractivity contribution >= 4 is 11.8 Å². The maximum absolute atomic E-state index is 9.16. The summed E-state index contributed by atoms with van der Waals surface area (Å²) in [5.41, 5.74) is 1.05. The first-order chi connectivity index (χ1) is 8.40. The van der Waals surface area contributed by atoms with Crippen LogP contribution in [0, 0.1) is 11.3 Å². The Kier molecular flexibility index (Phi) is 4.11. The summed E-state index contributed by atoms with van der Waals surface area (Å²) in [6.45, 7) is 0. The number of nitrogens with zero attached hydrogens (tertiary/aromatic N) is 3. The maximum atomic E-state index is 9.16. The fourth-order valence-electron chi connectivity index (χ4n) is 1.43.